The van der Waals surface area contributed by atoms with Crippen molar-refractivity contribution in [2.45, 2.75) is 51.0 Å². The van der Waals surface area contributed by atoms with Crippen LogP contribution in [-0.4, -0.2) is 36.3 Å². The van der Waals surface area contributed by atoms with Crippen molar-refractivity contribution in [3.8, 4) is 11.3 Å². The lowest BCUT2D eigenvalue weighted by molar-refractivity contribution is 0.198. The average molecular weight is 389 g/mol. The van der Waals surface area contributed by atoms with Crippen LogP contribution in [0.2, 0.25) is 5.02 Å². The molecule has 5 nitrogen and oxygen atoms in total. The van der Waals surface area contributed by atoms with E-state index in [0.29, 0.717) is 11.1 Å². The van der Waals surface area contributed by atoms with E-state index in [-0.39, 0.29) is 0 Å². The monoisotopic (exact) mass is 388 g/mol. The third kappa shape index (κ3) is 6.08. The predicted molar refractivity (Wildman–Crippen MR) is 113 cm³/mol. The van der Waals surface area contributed by atoms with E-state index in [1.54, 1.807) is 6.20 Å². The zero-order valence-electron chi connectivity index (χ0n) is 16.0. The summed E-state index contributed by atoms with van der Waals surface area (Å²) in [5, 5.41) is 7.21. The van der Waals surface area contributed by atoms with Crippen molar-refractivity contribution in [3.63, 3.8) is 0 Å². The van der Waals surface area contributed by atoms with Gasteiger partial charge in [-0.25, -0.2) is 9.97 Å². The van der Waals surface area contributed by atoms with Gasteiger partial charge in [0.15, 0.2) is 0 Å². The van der Waals surface area contributed by atoms with Gasteiger partial charge < -0.3 is 15.4 Å². The number of nitrogens with zero attached hydrogens (tertiary/aromatic N) is 2. The summed E-state index contributed by atoms with van der Waals surface area (Å²) in [5.74, 6) is 1.70. The summed E-state index contributed by atoms with van der Waals surface area (Å²) in [6.07, 6.45) is 10.6. The zero-order valence-corrected chi connectivity index (χ0v) is 16.8. The molecule has 4 rings (SSSR count). The predicted octanol–water partition coefficient (Wildman–Crippen LogP) is 5.38. The second-order valence-electron chi connectivity index (χ2n) is 7.01. The fraction of sp³-hybridized carbons (Fsp3) is 0.524. The molecule has 0 amide bonds. The molecule has 146 valence electrons. The van der Waals surface area contributed by atoms with E-state index >= 15 is 0 Å². The Labute approximate surface area is 166 Å². The van der Waals surface area contributed by atoms with Crippen molar-refractivity contribution < 1.29 is 4.74 Å². The third-order valence-electron chi connectivity index (χ3n) is 4.92. The molecule has 27 heavy (non-hydrogen) atoms. The molecule has 0 unspecified atom stereocenters. The van der Waals surface area contributed by atoms with Crippen molar-refractivity contribution in [2.24, 2.45) is 0 Å². The lowest BCUT2D eigenvalue weighted by atomic mass is 9.95. The standard InChI is InChI=1S/C17H21ClN4.C4H8O/c1-19-16-9-5-8-15(22-16)13-10-17(20-11-14(13)18)21-12-6-3-2-4-7-12;1-2-4-5-3-1/h5,8-12H,2-4,6-7H2,1H3,(H,19,22)(H,20,21);1-4H2. The lowest BCUT2D eigenvalue weighted by Gasteiger charge is -2.23. The molecule has 0 spiro atoms. The Morgan fingerprint density at radius 1 is 1.04 bits per heavy atom. The summed E-state index contributed by atoms with van der Waals surface area (Å²) < 4.78 is 4.94. The lowest BCUT2D eigenvalue weighted by Crippen LogP contribution is -2.22. The molecule has 2 aromatic rings. The first-order chi connectivity index (χ1) is 13.3. The summed E-state index contributed by atoms with van der Waals surface area (Å²) >= 11 is 6.32. The third-order valence-corrected chi connectivity index (χ3v) is 5.22. The molecule has 0 aromatic carbocycles. The van der Waals surface area contributed by atoms with Crippen LogP contribution in [0.25, 0.3) is 11.3 Å². The minimum atomic E-state index is 0.520. The molecule has 1 aliphatic carbocycles. The Bertz CT molecular complexity index is 707. The van der Waals surface area contributed by atoms with Crippen LogP contribution in [0, 0.1) is 0 Å². The van der Waals surface area contributed by atoms with Gasteiger partial charge in [0.25, 0.3) is 0 Å². The number of nitrogens with one attached hydrogen (secondary N) is 2. The highest BCUT2D eigenvalue weighted by Gasteiger charge is 2.15. The molecular weight excluding hydrogens is 360 g/mol. The van der Waals surface area contributed by atoms with Gasteiger partial charge in [-0.05, 0) is 43.9 Å². The highest BCUT2D eigenvalue weighted by molar-refractivity contribution is 6.33. The minimum Gasteiger partial charge on any atom is -0.381 e. The molecule has 0 radical (unpaired) electrons. The molecule has 1 saturated heterocycles. The highest BCUT2D eigenvalue weighted by Crippen LogP contribution is 2.30. The first kappa shape index (κ1) is 19.9. The second kappa shape index (κ2) is 10.5. The van der Waals surface area contributed by atoms with Crippen molar-refractivity contribution in [3.05, 3.63) is 35.5 Å². The number of aromatic nitrogens is 2. The van der Waals surface area contributed by atoms with E-state index < -0.39 is 0 Å². The number of halogens is 1. The Morgan fingerprint density at radius 3 is 2.48 bits per heavy atom. The quantitative estimate of drug-likeness (QED) is 0.736. The first-order valence-electron chi connectivity index (χ1n) is 9.91. The summed E-state index contributed by atoms with van der Waals surface area (Å²) in [4.78, 5) is 8.97. The number of ether oxygens (including phenoxy) is 1. The van der Waals surface area contributed by atoms with Gasteiger partial charge in [0, 0.05) is 38.1 Å². The van der Waals surface area contributed by atoms with Crippen molar-refractivity contribution in [2.75, 3.05) is 30.9 Å². The molecule has 2 fully saturated rings. The molecule has 0 atom stereocenters. The molecule has 3 heterocycles. The first-order valence-corrected chi connectivity index (χ1v) is 10.3. The summed E-state index contributed by atoms with van der Waals surface area (Å²) in [6, 6.07) is 8.39. The Balaban J connectivity index is 0.000000364. The SMILES string of the molecule is C1CCOC1.CNc1cccc(-c2cc(NC3CCCCC3)ncc2Cl)n1. The molecule has 2 N–H and O–H groups in total. The van der Waals surface area contributed by atoms with Gasteiger partial charge in [0.05, 0.1) is 10.7 Å². The fourth-order valence-electron chi connectivity index (χ4n) is 3.40. The Hall–Kier alpha value is -1.85. The summed E-state index contributed by atoms with van der Waals surface area (Å²) in [7, 11) is 1.86. The van der Waals surface area contributed by atoms with Gasteiger partial charge in [-0.3, -0.25) is 0 Å². The molecule has 1 saturated carbocycles. The zero-order chi connectivity index (χ0) is 18.9. The van der Waals surface area contributed by atoms with Crippen LogP contribution in [0.3, 0.4) is 0 Å². The second-order valence-corrected chi connectivity index (χ2v) is 7.41. The topological polar surface area (TPSA) is 59.1 Å². The van der Waals surface area contributed by atoms with Crippen LogP contribution < -0.4 is 10.6 Å². The maximum Gasteiger partial charge on any atom is 0.126 e. The summed E-state index contributed by atoms with van der Waals surface area (Å²) in [6.45, 7) is 2.00. The van der Waals surface area contributed by atoms with Crippen molar-refractivity contribution >= 4 is 23.2 Å². The van der Waals surface area contributed by atoms with Crippen LogP contribution >= 0.6 is 11.6 Å². The largest absolute Gasteiger partial charge is 0.381 e. The van der Waals surface area contributed by atoms with Gasteiger partial charge in [0.1, 0.15) is 11.6 Å². The molecule has 0 bridgehead atoms. The number of rotatable bonds is 4. The smallest absolute Gasteiger partial charge is 0.126 e. The number of pyridine rings is 2. The maximum absolute atomic E-state index is 6.32. The van der Waals surface area contributed by atoms with Crippen molar-refractivity contribution in [1.82, 2.24) is 9.97 Å². The van der Waals surface area contributed by atoms with E-state index in [0.717, 1.165) is 36.1 Å². The van der Waals surface area contributed by atoms with E-state index in [9.17, 15) is 0 Å². The Morgan fingerprint density at radius 2 is 1.81 bits per heavy atom. The molecule has 2 aliphatic rings. The summed E-state index contributed by atoms with van der Waals surface area (Å²) in [5.41, 5.74) is 1.76. The fourth-order valence-corrected chi connectivity index (χ4v) is 3.60. The van der Waals surface area contributed by atoms with Crippen LogP contribution in [-0.2, 0) is 4.74 Å². The van der Waals surface area contributed by atoms with Crippen LogP contribution in [0.4, 0.5) is 11.6 Å². The van der Waals surface area contributed by atoms with E-state index in [1.807, 2.05) is 31.3 Å². The van der Waals surface area contributed by atoms with E-state index in [4.69, 9.17) is 16.3 Å². The van der Waals surface area contributed by atoms with Gasteiger partial charge >= 0.3 is 0 Å². The average Bonchev–Trinajstić information content (AvgIpc) is 3.30. The van der Waals surface area contributed by atoms with Gasteiger partial charge in [-0.15, -0.1) is 0 Å². The Kier molecular flexibility index (Phi) is 7.72. The van der Waals surface area contributed by atoms with Crippen LogP contribution in [0.1, 0.15) is 44.9 Å². The number of hydrogen-bond donors (Lipinski definition) is 2. The molecular formula is C21H29ClN4O. The van der Waals surface area contributed by atoms with Crippen LogP contribution in [0.5, 0.6) is 0 Å². The maximum atomic E-state index is 6.32. The van der Waals surface area contributed by atoms with Gasteiger partial charge in [-0.1, -0.05) is 36.9 Å². The minimum absolute atomic E-state index is 0.520. The van der Waals surface area contributed by atoms with E-state index in [2.05, 4.69) is 20.6 Å². The van der Waals surface area contributed by atoms with E-state index in [1.165, 1.54) is 44.9 Å². The molecule has 6 heteroatoms. The number of hydrogen-bond acceptors (Lipinski definition) is 5. The van der Waals surface area contributed by atoms with Crippen molar-refractivity contribution in [1.29, 1.82) is 0 Å². The molecule has 1 aliphatic heterocycles. The molecule has 2 aromatic heterocycles. The van der Waals surface area contributed by atoms with Gasteiger partial charge in [-0.2, -0.15) is 0 Å². The van der Waals surface area contributed by atoms with Gasteiger partial charge in [0.2, 0.25) is 0 Å². The van der Waals surface area contributed by atoms with Crippen LogP contribution in [0.15, 0.2) is 30.5 Å². The normalized spacial score (nSPS) is 17.1. The number of anilines is 2. The highest BCUT2D eigenvalue weighted by atomic mass is 35.5.